The molecular formula is C23H29ClO4. The smallest absolute Gasteiger partial charge is 0.347 e. The van der Waals surface area contributed by atoms with E-state index in [9.17, 15) is 4.79 Å². The van der Waals surface area contributed by atoms with Gasteiger partial charge in [0.05, 0.1) is 19.2 Å². The highest BCUT2D eigenvalue weighted by molar-refractivity contribution is 6.32. The number of hydrogen-bond donors (Lipinski definition) is 0. The Hall–Kier alpha value is -2.20. The van der Waals surface area contributed by atoms with Gasteiger partial charge in [-0.2, -0.15) is 0 Å². The number of carbonyl (C=O) groups is 1. The third kappa shape index (κ3) is 4.61. The van der Waals surface area contributed by atoms with Crippen molar-refractivity contribution in [2.45, 2.75) is 52.4 Å². The third-order valence-corrected chi connectivity index (χ3v) is 4.80. The fourth-order valence-corrected chi connectivity index (χ4v) is 3.22. The minimum Gasteiger partial charge on any atom is -0.497 e. The van der Waals surface area contributed by atoms with Gasteiger partial charge < -0.3 is 14.2 Å². The predicted octanol–water partition coefficient (Wildman–Crippen LogP) is 6.17. The van der Waals surface area contributed by atoms with Gasteiger partial charge in [-0.3, -0.25) is 0 Å². The molecule has 0 atom stereocenters. The summed E-state index contributed by atoms with van der Waals surface area (Å²) in [5.41, 5.74) is 1.55. The van der Waals surface area contributed by atoms with Gasteiger partial charge in [0, 0.05) is 11.1 Å². The first kappa shape index (κ1) is 22.1. The molecule has 2 aromatic carbocycles. The SMILES string of the molecule is COc1cc(C(C)(C)C)c(OC(=O)c2cccc(Cl)c2OC)c(C(C)(C)C)c1. The Morgan fingerprint density at radius 1 is 0.857 bits per heavy atom. The van der Waals surface area contributed by atoms with Crippen LogP contribution in [0.1, 0.15) is 63.0 Å². The Morgan fingerprint density at radius 3 is 1.82 bits per heavy atom. The van der Waals surface area contributed by atoms with Crippen LogP contribution in [-0.2, 0) is 10.8 Å². The normalized spacial score (nSPS) is 11.9. The molecule has 0 radical (unpaired) electrons. The minimum absolute atomic E-state index is 0.261. The highest BCUT2D eigenvalue weighted by Crippen LogP contribution is 2.43. The third-order valence-electron chi connectivity index (χ3n) is 4.50. The summed E-state index contributed by atoms with van der Waals surface area (Å²) >= 11 is 6.17. The Morgan fingerprint density at radius 2 is 1.39 bits per heavy atom. The molecule has 0 unspecified atom stereocenters. The van der Waals surface area contributed by atoms with E-state index in [1.807, 2.05) is 12.1 Å². The van der Waals surface area contributed by atoms with E-state index in [0.29, 0.717) is 16.5 Å². The predicted molar refractivity (Wildman–Crippen MR) is 113 cm³/mol. The summed E-state index contributed by atoms with van der Waals surface area (Å²) < 4.78 is 16.8. The standard InChI is InChI=1S/C23H29ClO4/c1-22(2,3)16-12-14(26-7)13-17(23(4,5)6)20(16)28-21(25)15-10-9-11-18(24)19(15)27-8/h9-13H,1-8H3. The average Bonchev–Trinajstić information content (AvgIpc) is 2.59. The maximum absolute atomic E-state index is 13.1. The van der Waals surface area contributed by atoms with E-state index in [1.165, 1.54) is 7.11 Å². The number of rotatable bonds is 4. The van der Waals surface area contributed by atoms with Crippen LogP contribution in [-0.4, -0.2) is 20.2 Å². The molecule has 0 bridgehead atoms. The van der Waals surface area contributed by atoms with Crippen LogP contribution >= 0.6 is 11.6 Å². The van der Waals surface area contributed by atoms with Crippen LogP contribution in [0.3, 0.4) is 0 Å². The zero-order chi connectivity index (χ0) is 21.3. The molecule has 0 saturated heterocycles. The Balaban J connectivity index is 2.67. The van der Waals surface area contributed by atoms with Gasteiger partial charge in [0.15, 0.2) is 5.75 Å². The summed E-state index contributed by atoms with van der Waals surface area (Å²) in [6, 6.07) is 8.86. The molecule has 0 amide bonds. The van der Waals surface area contributed by atoms with Crippen molar-refractivity contribution < 1.29 is 19.0 Å². The second-order valence-electron chi connectivity index (χ2n) is 8.76. The lowest BCUT2D eigenvalue weighted by atomic mass is 9.79. The number of para-hydroxylation sites is 1. The number of halogens is 1. The molecule has 2 aromatic rings. The van der Waals surface area contributed by atoms with Crippen molar-refractivity contribution in [1.29, 1.82) is 0 Å². The summed E-state index contributed by atoms with van der Waals surface area (Å²) in [5.74, 6) is 1.07. The molecule has 0 aliphatic heterocycles. The van der Waals surface area contributed by atoms with Gasteiger partial charge in [-0.05, 0) is 35.1 Å². The van der Waals surface area contributed by atoms with Crippen LogP contribution in [0.4, 0.5) is 0 Å². The van der Waals surface area contributed by atoms with Gasteiger partial charge >= 0.3 is 5.97 Å². The number of methoxy groups -OCH3 is 2. The first-order chi connectivity index (χ1) is 12.9. The van der Waals surface area contributed by atoms with Crippen molar-refractivity contribution in [1.82, 2.24) is 0 Å². The minimum atomic E-state index is -0.513. The van der Waals surface area contributed by atoms with Gasteiger partial charge in [0.25, 0.3) is 0 Å². The molecule has 4 nitrogen and oxygen atoms in total. The molecule has 28 heavy (non-hydrogen) atoms. The molecule has 2 rings (SSSR count). The van der Waals surface area contributed by atoms with Crippen LogP contribution in [0, 0.1) is 0 Å². The first-order valence-corrected chi connectivity index (χ1v) is 9.55. The van der Waals surface area contributed by atoms with Crippen molar-refractivity contribution >= 4 is 17.6 Å². The number of esters is 1. The molecule has 0 aliphatic carbocycles. The van der Waals surface area contributed by atoms with Gasteiger partial charge in [0.2, 0.25) is 0 Å². The van der Waals surface area contributed by atoms with Crippen molar-refractivity contribution in [3.8, 4) is 17.2 Å². The topological polar surface area (TPSA) is 44.8 Å². The molecule has 0 aliphatic rings. The maximum Gasteiger partial charge on any atom is 0.347 e. The molecular weight excluding hydrogens is 376 g/mol. The monoisotopic (exact) mass is 404 g/mol. The van der Waals surface area contributed by atoms with Crippen LogP contribution in [0.15, 0.2) is 30.3 Å². The quantitative estimate of drug-likeness (QED) is 0.451. The Labute approximate surface area is 172 Å². The number of ether oxygens (including phenoxy) is 3. The van der Waals surface area contributed by atoms with Crippen LogP contribution in [0.25, 0.3) is 0 Å². The Kier molecular flexibility index (Phi) is 6.34. The summed E-state index contributed by atoms with van der Waals surface area (Å²) in [6.45, 7) is 12.4. The number of carbonyl (C=O) groups excluding carboxylic acids is 1. The Bertz CT molecular complexity index is 838. The van der Waals surface area contributed by atoms with Gasteiger partial charge in [-0.1, -0.05) is 59.2 Å². The van der Waals surface area contributed by atoms with E-state index in [2.05, 4.69) is 41.5 Å². The van der Waals surface area contributed by atoms with Gasteiger partial charge in [0.1, 0.15) is 17.1 Å². The second-order valence-corrected chi connectivity index (χ2v) is 9.17. The zero-order valence-electron chi connectivity index (χ0n) is 17.9. The van der Waals surface area contributed by atoms with Crippen molar-refractivity contribution in [3.05, 3.63) is 52.0 Å². The summed E-state index contributed by atoms with van der Waals surface area (Å²) in [7, 11) is 3.11. The van der Waals surface area contributed by atoms with E-state index >= 15 is 0 Å². The van der Waals surface area contributed by atoms with Crippen LogP contribution in [0.5, 0.6) is 17.2 Å². The van der Waals surface area contributed by atoms with E-state index in [-0.39, 0.29) is 16.4 Å². The summed E-state index contributed by atoms with van der Waals surface area (Å²) in [5, 5.41) is 0.360. The molecule has 0 fully saturated rings. The zero-order valence-corrected chi connectivity index (χ0v) is 18.7. The maximum atomic E-state index is 13.1. The number of hydrogen-bond acceptors (Lipinski definition) is 4. The van der Waals surface area contributed by atoms with Crippen LogP contribution < -0.4 is 14.2 Å². The van der Waals surface area contributed by atoms with Crippen molar-refractivity contribution in [2.24, 2.45) is 0 Å². The fraction of sp³-hybridized carbons (Fsp3) is 0.435. The molecule has 0 N–H and O–H groups in total. The highest BCUT2D eigenvalue weighted by atomic mass is 35.5. The molecule has 0 heterocycles. The van der Waals surface area contributed by atoms with E-state index in [4.69, 9.17) is 25.8 Å². The van der Waals surface area contributed by atoms with Crippen LogP contribution in [0.2, 0.25) is 5.02 Å². The lowest BCUT2D eigenvalue weighted by Crippen LogP contribution is -2.22. The first-order valence-electron chi connectivity index (χ1n) is 9.17. The average molecular weight is 405 g/mol. The van der Waals surface area contributed by atoms with Gasteiger partial charge in [-0.25, -0.2) is 4.79 Å². The fourth-order valence-electron chi connectivity index (χ4n) is 2.97. The molecule has 152 valence electrons. The second kappa shape index (κ2) is 8.04. The molecule has 5 heteroatoms. The van der Waals surface area contributed by atoms with E-state index < -0.39 is 5.97 Å². The van der Waals surface area contributed by atoms with Crippen molar-refractivity contribution in [3.63, 3.8) is 0 Å². The van der Waals surface area contributed by atoms with Gasteiger partial charge in [-0.15, -0.1) is 0 Å². The largest absolute Gasteiger partial charge is 0.497 e. The van der Waals surface area contributed by atoms with E-state index in [1.54, 1.807) is 25.3 Å². The summed E-state index contributed by atoms with van der Waals surface area (Å²) in [4.78, 5) is 13.1. The van der Waals surface area contributed by atoms with Crippen molar-refractivity contribution in [2.75, 3.05) is 14.2 Å². The van der Waals surface area contributed by atoms with E-state index in [0.717, 1.165) is 16.9 Å². The number of benzene rings is 2. The molecule has 0 saturated carbocycles. The highest BCUT2D eigenvalue weighted by Gasteiger charge is 2.30. The molecule has 0 spiro atoms. The lowest BCUT2D eigenvalue weighted by Gasteiger charge is -2.29. The lowest BCUT2D eigenvalue weighted by molar-refractivity contribution is 0.0725. The summed E-state index contributed by atoms with van der Waals surface area (Å²) in [6.07, 6.45) is 0. The molecule has 0 aromatic heterocycles.